The van der Waals surface area contributed by atoms with Gasteiger partial charge in [-0.1, -0.05) is 36.4 Å². The van der Waals surface area contributed by atoms with E-state index in [2.05, 4.69) is 15.4 Å². The quantitative estimate of drug-likeness (QED) is 0.846. The molecule has 0 aromatic heterocycles. The summed E-state index contributed by atoms with van der Waals surface area (Å²) in [4.78, 5) is 11.9. The molecule has 2 N–H and O–H groups in total. The van der Waals surface area contributed by atoms with E-state index >= 15 is 0 Å². The Morgan fingerprint density at radius 2 is 1.75 bits per heavy atom. The Morgan fingerprint density at radius 3 is 2.46 bits per heavy atom. The van der Waals surface area contributed by atoms with Gasteiger partial charge in [0, 0.05) is 6.54 Å². The van der Waals surface area contributed by atoms with Crippen LogP contribution in [0.4, 0.5) is 18.9 Å². The van der Waals surface area contributed by atoms with Crippen LogP contribution < -0.4 is 15.4 Å². The molecule has 0 bridgehead atoms. The number of anilines is 1. The van der Waals surface area contributed by atoms with Crippen LogP contribution in [-0.4, -0.2) is 18.8 Å². The van der Waals surface area contributed by atoms with E-state index in [9.17, 15) is 18.0 Å². The molecule has 0 heterocycles. The zero-order valence-electron chi connectivity index (χ0n) is 13.0. The predicted octanol–water partition coefficient (Wildman–Crippen LogP) is 3.62. The standard InChI is InChI=1S/C17H17F3N2O2/c1-12-6-2-3-7-13(12)10-22-16(23)11-21-14-8-4-5-9-15(14)24-17(18,19)20/h2-9,21H,10-11H2,1H3,(H,22,23). The van der Waals surface area contributed by atoms with Crippen LogP contribution in [0.2, 0.25) is 0 Å². The fraction of sp³-hybridized carbons (Fsp3) is 0.235. The zero-order valence-corrected chi connectivity index (χ0v) is 13.0. The number of carbonyl (C=O) groups is 1. The van der Waals surface area contributed by atoms with Crippen LogP contribution in [0, 0.1) is 6.92 Å². The monoisotopic (exact) mass is 338 g/mol. The van der Waals surface area contributed by atoms with Crippen LogP contribution in [-0.2, 0) is 11.3 Å². The Balaban J connectivity index is 1.89. The van der Waals surface area contributed by atoms with Gasteiger partial charge in [-0.05, 0) is 30.2 Å². The molecule has 0 saturated heterocycles. The van der Waals surface area contributed by atoms with E-state index < -0.39 is 6.36 Å². The first-order chi connectivity index (χ1) is 11.3. The van der Waals surface area contributed by atoms with Gasteiger partial charge in [0.15, 0.2) is 5.75 Å². The molecule has 0 aliphatic heterocycles. The summed E-state index contributed by atoms with van der Waals surface area (Å²) in [7, 11) is 0. The molecule has 1 amide bonds. The lowest BCUT2D eigenvalue weighted by molar-refractivity contribution is -0.274. The maximum Gasteiger partial charge on any atom is 0.573 e. The fourth-order valence-electron chi connectivity index (χ4n) is 2.07. The second-order valence-corrected chi connectivity index (χ2v) is 5.10. The van der Waals surface area contributed by atoms with Crippen molar-refractivity contribution in [2.45, 2.75) is 19.8 Å². The number of rotatable bonds is 6. The molecule has 0 saturated carbocycles. The van der Waals surface area contributed by atoms with E-state index in [1.165, 1.54) is 18.2 Å². The fourth-order valence-corrected chi connectivity index (χ4v) is 2.07. The lowest BCUT2D eigenvalue weighted by Gasteiger charge is -2.14. The Labute approximate surface area is 137 Å². The minimum atomic E-state index is -4.79. The maximum atomic E-state index is 12.3. The minimum Gasteiger partial charge on any atom is -0.404 e. The van der Waals surface area contributed by atoms with Crippen molar-refractivity contribution in [2.75, 3.05) is 11.9 Å². The van der Waals surface area contributed by atoms with Gasteiger partial charge in [-0.3, -0.25) is 4.79 Å². The van der Waals surface area contributed by atoms with Crippen LogP contribution in [0.25, 0.3) is 0 Å². The molecule has 128 valence electrons. The number of halogens is 3. The number of aryl methyl sites for hydroxylation is 1. The molecule has 0 atom stereocenters. The van der Waals surface area contributed by atoms with Crippen LogP contribution >= 0.6 is 0 Å². The minimum absolute atomic E-state index is 0.0980. The van der Waals surface area contributed by atoms with E-state index in [0.717, 1.165) is 11.1 Å². The first-order valence-electron chi connectivity index (χ1n) is 7.25. The Morgan fingerprint density at radius 1 is 1.08 bits per heavy atom. The smallest absolute Gasteiger partial charge is 0.404 e. The molecule has 4 nitrogen and oxygen atoms in total. The van der Waals surface area contributed by atoms with E-state index in [-0.39, 0.29) is 23.9 Å². The maximum absolute atomic E-state index is 12.3. The highest BCUT2D eigenvalue weighted by atomic mass is 19.4. The molecule has 24 heavy (non-hydrogen) atoms. The second kappa shape index (κ2) is 7.72. The van der Waals surface area contributed by atoms with Crippen molar-refractivity contribution in [3.05, 3.63) is 59.7 Å². The van der Waals surface area contributed by atoms with Crippen LogP contribution in [0.1, 0.15) is 11.1 Å². The number of para-hydroxylation sites is 2. The van der Waals surface area contributed by atoms with Crippen molar-refractivity contribution in [3.8, 4) is 5.75 Å². The molecule has 2 rings (SSSR count). The van der Waals surface area contributed by atoms with Crippen molar-refractivity contribution < 1.29 is 22.7 Å². The summed E-state index contributed by atoms with van der Waals surface area (Å²) in [5.74, 6) is -0.711. The molecule has 0 radical (unpaired) electrons. The van der Waals surface area contributed by atoms with Crippen molar-refractivity contribution in [3.63, 3.8) is 0 Å². The third-order valence-corrected chi connectivity index (χ3v) is 3.29. The van der Waals surface area contributed by atoms with Gasteiger partial charge < -0.3 is 15.4 Å². The summed E-state index contributed by atoms with van der Waals surface area (Å²) < 4.78 is 40.9. The number of ether oxygens (including phenoxy) is 1. The van der Waals surface area contributed by atoms with Crippen molar-refractivity contribution in [2.24, 2.45) is 0 Å². The molecular formula is C17H17F3N2O2. The summed E-state index contributed by atoms with van der Waals surface area (Å²) in [6.45, 7) is 2.13. The second-order valence-electron chi connectivity index (χ2n) is 5.10. The number of hydrogen-bond donors (Lipinski definition) is 2. The van der Waals surface area contributed by atoms with Gasteiger partial charge in [-0.2, -0.15) is 0 Å². The molecule has 2 aromatic carbocycles. The number of nitrogens with one attached hydrogen (secondary N) is 2. The number of amides is 1. The molecule has 0 spiro atoms. The number of carbonyl (C=O) groups excluding carboxylic acids is 1. The molecular weight excluding hydrogens is 321 g/mol. The highest BCUT2D eigenvalue weighted by molar-refractivity contribution is 5.81. The van der Waals surface area contributed by atoms with Gasteiger partial charge in [0.2, 0.25) is 5.91 Å². The van der Waals surface area contributed by atoms with Gasteiger partial charge in [0.05, 0.1) is 12.2 Å². The van der Waals surface area contributed by atoms with E-state index in [4.69, 9.17) is 0 Å². The number of benzene rings is 2. The molecule has 0 aliphatic carbocycles. The third-order valence-electron chi connectivity index (χ3n) is 3.29. The van der Waals surface area contributed by atoms with Crippen LogP contribution in [0.5, 0.6) is 5.75 Å². The molecule has 7 heteroatoms. The average Bonchev–Trinajstić information content (AvgIpc) is 2.52. The largest absolute Gasteiger partial charge is 0.573 e. The zero-order chi connectivity index (χ0) is 17.6. The highest BCUT2D eigenvalue weighted by Crippen LogP contribution is 2.29. The molecule has 2 aromatic rings. The third kappa shape index (κ3) is 5.49. The van der Waals surface area contributed by atoms with Gasteiger partial charge in [-0.25, -0.2) is 0 Å². The van der Waals surface area contributed by atoms with Gasteiger partial charge in [0.1, 0.15) is 0 Å². The van der Waals surface area contributed by atoms with Crippen molar-refractivity contribution in [1.82, 2.24) is 5.32 Å². The lowest BCUT2D eigenvalue weighted by Crippen LogP contribution is -2.30. The summed E-state index contributed by atoms with van der Waals surface area (Å²) >= 11 is 0. The summed E-state index contributed by atoms with van der Waals surface area (Å²) in [6.07, 6.45) is -4.79. The predicted molar refractivity (Wildman–Crippen MR) is 84.6 cm³/mol. The highest BCUT2D eigenvalue weighted by Gasteiger charge is 2.32. The first kappa shape index (κ1) is 17.7. The Hall–Kier alpha value is -2.70. The summed E-state index contributed by atoms with van der Waals surface area (Å²) in [5.41, 5.74) is 2.13. The van der Waals surface area contributed by atoms with Crippen molar-refractivity contribution in [1.29, 1.82) is 0 Å². The molecule has 0 fully saturated rings. The molecule has 0 unspecified atom stereocenters. The van der Waals surface area contributed by atoms with E-state index in [1.54, 1.807) is 6.07 Å². The van der Waals surface area contributed by atoms with Crippen LogP contribution in [0.15, 0.2) is 48.5 Å². The normalized spacial score (nSPS) is 11.0. The topological polar surface area (TPSA) is 50.4 Å². The number of hydrogen-bond acceptors (Lipinski definition) is 3. The number of alkyl halides is 3. The van der Waals surface area contributed by atoms with Crippen molar-refractivity contribution >= 4 is 11.6 Å². The SMILES string of the molecule is Cc1ccccc1CNC(=O)CNc1ccccc1OC(F)(F)F. The summed E-state index contributed by atoms with van der Waals surface area (Å²) in [6, 6.07) is 13.2. The van der Waals surface area contributed by atoms with E-state index in [0.29, 0.717) is 6.54 Å². The Bertz CT molecular complexity index is 702. The van der Waals surface area contributed by atoms with Gasteiger partial charge in [-0.15, -0.1) is 13.2 Å². The molecule has 0 aliphatic rings. The van der Waals surface area contributed by atoms with Gasteiger partial charge in [0.25, 0.3) is 0 Å². The summed E-state index contributed by atoms with van der Waals surface area (Å²) in [5, 5.41) is 5.36. The Kier molecular flexibility index (Phi) is 5.68. The van der Waals surface area contributed by atoms with E-state index in [1.807, 2.05) is 31.2 Å². The lowest BCUT2D eigenvalue weighted by atomic mass is 10.1. The first-order valence-corrected chi connectivity index (χ1v) is 7.25. The average molecular weight is 338 g/mol. The van der Waals surface area contributed by atoms with Gasteiger partial charge >= 0.3 is 6.36 Å². The van der Waals surface area contributed by atoms with Crippen LogP contribution in [0.3, 0.4) is 0 Å².